The molecule has 29 heavy (non-hydrogen) atoms. The molecule has 3 atom stereocenters. The van der Waals surface area contributed by atoms with E-state index in [0.29, 0.717) is 6.54 Å². The van der Waals surface area contributed by atoms with Gasteiger partial charge in [-0.1, -0.05) is 42.5 Å². The maximum atomic E-state index is 13.5. The van der Waals surface area contributed by atoms with Gasteiger partial charge in [-0.3, -0.25) is 9.59 Å². The quantitative estimate of drug-likeness (QED) is 0.867. The first-order chi connectivity index (χ1) is 14.0. The lowest BCUT2D eigenvalue weighted by Crippen LogP contribution is -2.73. The average molecular weight is 394 g/mol. The van der Waals surface area contributed by atoms with Crippen LogP contribution in [0.15, 0.2) is 54.6 Å². The number of amides is 2. The van der Waals surface area contributed by atoms with Gasteiger partial charge in [-0.05, 0) is 36.2 Å². The zero-order valence-electron chi connectivity index (χ0n) is 16.2. The van der Waals surface area contributed by atoms with Crippen LogP contribution in [0, 0.1) is 5.82 Å². The van der Waals surface area contributed by atoms with Crippen LogP contribution in [-0.2, 0) is 4.79 Å². The van der Waals surface area contributed by atoms with Crippen LogP contribution in [0.3, 0.4) is 0 Å². The van der Waals surface area contributed by atoms with Crippen molar-refractivity contribution in [3.8, 4) is 0 Å². The second-order valence-electron chi connectivity index (χ2n) is 7.51. The molecule has 2 aromatic rings. The number of rotatable bonds is 4. The van der Waals surface area contributed by atoms with Crippen molar-refractivity contribution in [3.63, 3.8) is 0 Å². The van der Waals surface area contributed by atoms with E-state index in [-0.39, 0.29) is 48.5 Å². The van der Waals surface area contributed by atoms with Gasteiger partial charge in [0, 0.05) is 18.0 Å². The molecule has 2 aliphatic rings. The van der Waals surface area contributed by atoms with Crippen molar-refractivity contribution in [2.75, 3.05) is 19.7 Å². The normalized spacial score (nSPS) is 23.8. The Kier molecular flexibility index (Phi) is 5.20. The zero-order valence-corrected chi connectivity index (χ0v) is 16.2. The van der Waals surface area contributed by atoms with E-state index >= 15 is 0 Å². The van der Waals surface area contributed by atoms with Crippen LogP contribution in [0.5, 0.6) is 0 Å². The number of nitrogens with zero attached hydrogens (tertiary/aromatic N) is 2. The largest absolute Gasteiger partial charge is 0.394 e. The minimum absolute atomic E-state index is 0.0493. The standard InChI is InChI=1S/C23H23FN2O3/c1-2-4-15-7-9-16(10-8-15)22-19-12-25(13-21(28)26(19)20(22)14-27)23(29)17-5-3-6-18(24)11-17/h2-11,19-20,22,27H,12-14H2,1H3/b4-2+/t19-,20+,22-/m0/s1. The molecule has 0 spiro atoms. The fraction of sp³-hybridized carbons (Fsp3) is 0.304. The molecule has 6 heteroatoms. The molecule has 150 valence electrons. The molecule has 2 amide bonds. The molecule has 2 fully saturated rings. The maximum Gasteiger partial charge on any atom is 0.254 e. The number of aliphatic hydroxyl groups excluding tert-OH is 1. The Labute approximate surface area is 169 Å². The van der Waals surface area contributed by atoms with Crippen molar-refractivity contribution in [3.05, 3.63) is 77.1 Å². The lowest BCUT2D eigenvalue weighted by molar-refractivity contribution is -0.159. The van der Waals surface area contributed by atoms with Crippen LogP contribution in [0.2, 0.25) is 0 Å². The van der Waals surface area contributed by atoms with Crippen molar-refractivity contribution >= 4 is 17.9 Å². The molecule has 5 nitrogen and oxygen atoms in total. The lowest BCUT2D eigenvalue weighted by Gasteiger charge is -2.58. The summed E-state index contributed by atoms with van der Waals surface area (Å²) in [6, 6.07) is 13.1. The monoisotopic (exact) mass is 394 g/mol. The Morgan fingerprint density at radius 2 is 2.00 bits per heavy atom. The predicted octanol–water partition coefficient (Wildman–Crippen LogP) is 2.67. The number of hydrogen-bond donors (Lipinski definition) is 1. The highest BCUT2D eigenvalue weighted by Crippen LogP contribution is 2.43. The summed E-state index contributed by atoms with van der Waals surface area (Å²) in [4.78, 5) is 28.7. The molecule has 0 radical (unpaired) electrons. The van der Waals surface area contributed by atoms with Crippen molar-refractivity contribution in [1.29, 1.82) is 0 Å². The average Bonchev–Trinajstić information content (AvgIpc) is 2.70. The fourth-order valence-electron chi connectivity index (χ4n) is 4.48. The Morgan fingerprint density at radius 3 is 2.66 bits per heavy atom. The van der Waals surface area contributed by atoms with Crippen LogP contribution in [0.25, 0.3) is 6.08 Å². The summed E-state index contributed by atoms with van der Waals surface area (Å²) in [5, 5.41) is 9.87. The first kappa shape index (κ1) is 19.3. The van der Waals surface area contributed by atoms with Gasteiger partial charge in [-0.25, -0.2) is 4.39 Å². The second kappa shape index (κ2) is 7.79. The highest BCUT2D eigenvalue weighted by molar-refractivity contribution is 5.97. The minimum Gasteiger partial charge on any atom is -0.394 e. The van der Waals surface area contributed by atoms with Crippen molar-refractivity contribution in [1.82, 2.24) is 9.80 Å². The molecular formula is C23H23FN2O3. The van der Waals surface area contributed by atoms with E-state index in [4.69, 9.17) is 0 Å². The third-order valence-corrected chi connectivity index (χ3v) is 5.79. The number of hydrogen-bond acceptors (Lipinski definition) is 3. The fourth-order valence-corrected chi connectivity index (χ4v) is 4.48. The SMILES string of the molecule is C/C=C/c1ccc([C@@H]2[C@@H](CO)N3C(=O)CN(C(=O)c4cccc(F)c4)C[C@@H]23)cc1. The molecule has 2 aromatic carbocycles. The summed E-state index contributed by atoms with van der Waals surface area (Å²) < 4.78 is 13.5. The molecule has 2 heterocycles. The van der Waals surface area contributed by atoms with Gasteiger partial charge in [-0.2, -0.15) is 0 Å². The van der Waals surface area contributed by atoms with Crippen LogP contribution in [0.1, 0.15) is 34.3 Å². The van der Waals surface area contributed by atoms with Gasteiger partial charge < -0.3 is 14.9 Å². The van der Waals surface area contributed by atoms with Crippen molar-refractivity contribution < 1.29 is 19.1 Å². The van der Waals surface area contributed by atoms with Crippen LogP contribution in [-0.4, -0.2) is 58.5 Å². The molecule has 2 aliphatic heterocycles. The molecule has 2 saturated heterocycles. The summed E-state index contributed by atoms with van der Waals surface area (Å²) in [6.45, 7) is 2.13. The molecule has 0 aromatic heterocycles. The highest BCUT2D eigenvalue weighted by atomic mass is 19.1. The molecule has 0 unspecified atom stereocenters. The smallest absolute Gasteiger partial charge is 0.254 e. The summed E-state index contributed by atoms with van der Waals surface area (Å²) in [7, 11) is 0. The number of aliphatic hydroxyl groups is 1. The molecular weight excluding hydrogens is 371 g/mol. The number of allylic oxidation sites excluding steroid dienone is 1. The Balaban J connectivity index is 1.58. The molecule has 0 bridgehead atoms. The number of carbonyl (C=O) groups excluding carboxylic acids is 2. The molecule has 1 N–H and O–H groups in total. The number of benzene rings is 2. The Hall–Kier alpha value is -2.99. The van der Waals surface area contributed by atoms with Crippen LogP contribution in [0.4, 0.5) is 4.39 Å². The van der Waals surface area contributed by atoms with Crippen LogP contribution < -0.4 is 0 Å². The van der Waals surface area contributed by atoms with E-state index in [1.807, 2.05) is 43.3 Å². The Morgan fingerprint density at radius 1 is 1.24 bits per heavy atom. The number of piperazine rings is 1. The summed E-state index contributed by atoms with van der Waals surface area (Å²) in [5.74, 6) is -1.07. The number of fused-ring (bicyclic) bond motifs is 1. The lowest BCUT2D eigenvalue weighted by atomic mass is 9.73. The van der Waals surface area contributed by atoms with Gasteiger partial charge in [0.05, 0.1) is 18.7 Å². The van der Waals surface area contributed by atoms with E-state index < -0.39 is 5.82 Å². The third kappa shape index (κ3) is 3.44. The zero-order chi connectivity index (χ0) is 20.5. The maximum absolute atomic E-state index is 13.5. The molecule has 0 saturated carbocycles. The van der Waals surface area contributed by atoms with E-state index in [1.165, 1.54) is 23.1 Å². The van der Waals surface area contributed by atoms with Gasteiger partial charge in [0.25, 0.3) is 5.91 Å². The highest BCUT2D eigenvalue weighted by Gasteiger charge is 2.54. The summed E-state index contributed by atoms with van der Waals surface area (Å²) in [5.41, 5.74) is 2.35. The van der Waals surface area contributed by atoms with Gasteiger partial charge >= 0.3 is 0 Å². The third-order valence-electron chi connectivity index (χ3n) is 5.79. The molecule has 0 aliphatic carbocycles. The van der Waals surface area contributed by atoms with Gasteiger partial charge in [0.15, 0.2) is 0 Å². The van der Waals surface area contributed by atoms with E-state index in [1.54, 1.807) is 11.0 Å². The van der Waals surface area contributed by atoms with Crippen molar-refractivity contribution in [2.24, 2.45) is 0 Å². The summed E-state index contributed by atoms with van der Waals surface area (Å²) >= 11 is 0. The van der Waals surface area contributed by atoms with Crippen molar-refractivity contribution in [2.45, 2.75) is 24.9 Å². The second-order valence-corrected chi connectivity index (χ2v) is 7.51. The van der Waals surface area contributed by atoms with E-state index in [2.05, 4.69) is 0 Å². The number of carbonyl (C=O) groups is 2. The minimum atomic E-state index is -0.483. The van der Waals surface area contributed by atoms with Gasteiger partial charge in [-0.15, -0.1) is 0 Å². The van der Waals surface area contributed by atoms with Gasteiger partial charge in [0.1, 0.15) is 12.4 Å². The first-order valence-electron chi connectivity index (χ1n) is 9.73. The Bertz CT molecular complexity index is 957. The van der Waals surface area contributed by atoms with Gasteiger partial charge in [0.2, 0.25) is 5.91 Å². The predicted molar refractivity (Wildman–Crippen MR) is 108 cm³/mol. The summed E-state index contributed by atoms with van der Waals surface area (Å²) in [6.07, 6.45) is 3.97. The topological polar surface area (TPSA) is 60.9 Å². The van der Waals surface area contributed by atoms with Crippen LogP contribution >= 0.6 is 0 Å². The molecule has 4 rings (SSSR count). The van der Waals surface area contributed by atoms with E-state index in [9.17, 15) is 19.1 Å². The first-order valence-corrected chi connectivity index (χ1v) is 9.73. The van der Waals surface area contributed by atoms with E-state index in [0.717, 1.165) is 11.1 Å². The number of halogens is 1.